The molecule has 0 unspecified atom stereocenters. The molecule has 1 heterocycles. The van der Waals surface area contributed by atoms with Crippen molar-refractivity contribution in [3.05, 3.63) is 65.5 Å². The molecule has 6 nitrogen and oxygen atoms in total. The maximum absolute atomic E-state index is 12.8. The van der Waals surface area contributed by atoms with Gasteiger partial charge in [0, 0.05) is 11.8 Å². The Bertz CT molecular complexity index is 776. The molecule has 0 saturated heterocycles. The van der Waals surface area contributed by atoms with Crippen LogP contribution in [-0.2, 0) is 22.3 Å². The third-order valence-electron chi connectivity index (χ3n) is 3.00. The molecule has 0 aliphatic carbocycles. The van der Waals surface area contributed by atoms with Gasteiger partial charge in [-0.2, -0.15) is 18.3 Å². The molecule has 1 aromatic carbocycles. The van der Waals surface area contributed by atoms with Crippen LogP contribution in [0.4, 0.5) is 13.2 Å². The van der Waals surface area contributed by atoms with Crippen molar-refractivity contribution in [1.82, 2.24) is 15.7 Å². The Morgan fingerprint density at radius 1 is 1.08 bits per heavy atom. The van der Waals surface area contributed by atoms with E-state index < -0.39 is 23.6 Å². The van der Waals surface area contributed by atoms with Gasteiger partial charge >= 0.3 is 18.0 Å². The normalized spacial score (nSPS) is 11.3. The lowest BCUT2D eigenvalue weighted by molar-refractivity contribution is -0.139. The molecule has 0 radical (unpaired) electrons. The number of nitrogens with one attached hydrogen (secondary N) is 2. The topological polar surface area (TPSA) is 83.5 Å². The van der Waals surface area contributed by atoms with Gasteiger partial charge in [-0.15, -0.1) is 0 Å². The number of carbonyl (C=O) groups excluding carboxylic acids is 2. The molecule has 0 atom stereocenters. The number of halogens is 3. The van der Waals surface area contributed by atoms with Gasteiger partial charge in [-0.3, -0.25) is 14.6 Å². The molecule has 2 rings (SSSR count). The summed E-state index contributed by atoms with van der Waals surface area (Å²) in [4.78, 5) is 27.1. The maximum Gasteiger partial charge on any atom is 0.417 e. The second-order valence-corrected chi connectivity index (χ2v) is 4.79. The van der Waals surface area contributed by atoms with Gasteiger partial charge in [0.15, 0.2) is 0 Å². The standard InChI is InChI=1S/C16H13F3N4O2/c17-16(18,19)13-7-2-1-5-11(13)9-22-23-15(25)14(24)21-10-12-6-3-4-8-20-12/h1-9H,10H2,(H,21,24)(H,23,25). The van der Waals surface area contributed by atoms with Crippen LogP contribution in [0.25, 0.3) is 0 Å². The van der Waals surface area contributed by atoms with Crippen LogP contribution in [0.15, 0.2) is 53.8 Å². The van der Waals surface area contributed by atoms with E-state index in [9.17, 15) is 22.8 Å². The first-order valence-electron chi connectivity index (χ1n) is 7.05. The van der Waals surface area contributed by atoms with Crippen molar-refractivity contribution < 1.29 is 22.8 Å². The molecule has 0 bridgehead atoms. The van der Waals surface area contributed by atoms with E-state index in [2.05, 4.69) is 15.4 Å². The number of nitrogens with zero attached hydrogens (tertiary/aromatic N) is 2. The number of alkyl halides is 3. The van der Waals surface area contributed by atoms with E-state index in [0.29, 0.717) is 5.69 Å². The molecule has 0 fully saturated rings. The molecule has 0 saturated carbocycles. The summed E-state index contributed by atoms with van der Waals surface area (Å²) in [5.74, 6) is -2.08. The first-order valence-corrected chi connectivity index (χ1v) is 7.05. The molecule has 0 spiro atoms. The van der Waals surface area contributed by atoms with Crippen molar-refractivity contribution in [2.24, 2.45) is 5.10 Å². The van der Waals surface area contributed by atoms with Crippen molar-refractivity contribution in [3.8, 4) is 0 Å². The maximum atomic E-state index is 12.8. The van der Waals surface area contributed by atoms with E-state index in [1.54, 1.807) is 18.2 Å². The van der Waals surface area contributed by atoms with Crippen LogP contribution in [0, 0.1) is 0 Å². The number of hydrogen-bond acceptors (Lipinski definition) is 4. The molecule has 9 heteroatoms. The van der Waals surface area contributed by atoms with Crippen LogP contribution in [0.5, 0.6) is 0 Å². The highest BCUT2D eigenvalue weighted by molar-refractivity contribution is 6.35. The smallest absolute Gasteiger partial charge is 0.342 e. The molecule has 2 amide bonds. The van der Waals surface area contributed by atoms with Crippen LogP contribution in [0.3, 0.4) is 0 Å². The van der Waals surface area contributed by atoms with Gasteiger partial charge in [0.1, 0.15) is 0 Å². The number of aromatic nitrogens is 1. The predicted octanol–water partition coefficient (Wildman–Crippen LogP) is 1.87. The Morgan fingerprint density at radius 2 is 1.80 bits per heavy atom. The molecule has 2 N–H and O–H groups in total. The first kappa shape index (κ1) is 18.1. The number of hydrazone groups is 1. The summed E-state index contributed by atoms with van der Waals surface area (Å²) in [5, 5.41) is 5.71. The highest BCUT2D eigenvalue weighted by Crippen LogP contribution is 2.30. The lowest BCUT2D eigenvalue weighted by Crippen LogP contribution is -2.37. The third-order valence-corrected chi connectivity index (χ3v) is 3.00. The molecule has 25 heavy (non-hydrogen) atoms. The van der Waals surface area contributed by atoms with Gasteiger partial charge in [0.2, 0.25) is 0 Å². The second kappa shape index (κ2) is 8.04. The quantitative estimate of drug-likeness (QED) is 0.502. The van der Waals surface area contributed by atoms with Crippen LogP contribution >= 0.6 is 0 Å². The average Bonchev–Trinajstić information content (AvgIpc) is 2.60. The fraction of sp³-hybridized carbons (Fsp3) is 0.125. The fourth-order valence-corrected chi connectivity index (χ4v) is 1.83. The minimum Gasteiger partial charge on any atom is -0.342 e. The van der Waals surface area contributed by atoms with Gasteiger partial charge in [-0.05, 0) is 18.2 Å². The summed E-state index contributed by atoms with van der Waals surface area (Å²) in [7, 11) is 0. The fourth-order valence-electron chi connectivity index (χ4n) is 1.83. The average molecular weight is 350 g/mol. The third kappa shape index (κ3) is 5.41. The van der Waals surface area contributed by atoms with E-state index >= 15 is 0 Å². The first-order chi connectivity index (χ1) is 11.9. The summed E-state index contributed by atoms with van der Waals surface area (Å²) in [6, 6.07) is 9.80. The summed E-state index contributed by atoms with van der Waals surface area (Å²) < 4.78 is 38.4. The molecular formula is C16H13F3N4O2. The largest absolute Gasteiger partial charge is 0.417 e. The molecule has 2 aromatic rings. The van der Waals surface area contributed by atoms with Crippen molar-refractivity contribution >= 4 is 18.0 Å². The summed E-state index contributed by atoms with van der Waals surface area (Å²) in [6.07, 6.45) is -2.19. The van der Waals surface area contributed by atoms with Gasteiger partial charge in [-0.1, -0.05) is 24.3 Å². The zero-order valence-electron chi connectivity index (χ0n) is 12.7. The van der Waals surface area contributed by atoms with E-state index in [1.165, 1.54) is 24.4 Å². The van der Waals surface area contributed by atoms with E-state index in [4.69, 9.17) is 0 Å². The Kier molecular flexibility index (Phi) is 5.83. The minimum absolute atomic E-state index is 0.0354. The van der Waals surface area contributed by atoms with Gasteiger partial charge in [-0.25, -0.2) is 5.43 Å². The molecule has 130 valence electrons. The Balaban J connectivity index is 1.91. The lowest BCUT2D eigenvalue weighted by Gasteiger charge is -2.09. The minimum atomic E-state index is -4.55. The zero-order chi connectivity index (χ0) is 18.3. The van der Waals surface area contributed by atoms with Gasteiger partial charge in [0.05, 0.1) is 24.0 Å². The van der Waals surface area contributed by atoms with Crippen LogP contribution < -0.4 is 10.7 Å². The highest BCUT2D eigenvalue weighted by atomic mass is 19.4. The van der Waals surface area contributed by atoms with E-state index in [1.807, 2.05) is 5.43 Å². The number of hydrogen-bond donors (Lipinski definition) is 2. The Labute approximate surface area is 140 Å². The van der Waals surface area contributed by atoms with Gasteiger partial charge in [0.25, 0.3) is 0 Å². The highest BCUT2D eigenvalue weighted by Gasteiger charge is 2.32. The Hall–Kier alpha value is -3.23. The summed E-state index contributed by atoms with van der Waals surface area (Å²) in [5.41, 5.74) is 1.30. The van der Waals surface area contributed by atoms with Crippen molar-refractivity contribution in [3.63, 3.8) is 0 Å². The second-order valence-electron chi connectivity index (χ2n) is 4.79. The number of pyridine rings is 1. The summed E-state index contributed by atoms with van der Waals surface area (Å²) >= 11 is 0. The van der Waals surface area contributed by atoms with Crippen molar-refractivity contribution in [1.29, 1.82) is 0 Å². The molecule has 0 aliphatic rings. The predicted molar refractivity (Wildman–Crippen MR) is 83.3 cm³/mol. The SMILES string of the molecule is O=C(NCc1ccccn1)C(=O)NN=Cc1ccccc1C(F)(F)F. The lowest BCUT2D eigenvalue weighted by atomic mass is 10.1. The van der Waals surface area contributed by atoms with Gasteiger partial charge < -0.3 is 5.32 Å². The Morgan fingerprint density at radius 3 is 2.48 bits per heavy atom. The number of benzene rings is 1. The summed E-state index contributed by atoms with van der Waals surface area (Å²) in [6.45, 7) is 0.0354. The van der Waals surface area contributed by atoms with E-state index in [-0.39, 0.29) is 12.1 Å². The van der Waals surface area contributed by atoms with Crippen molar-refractivity contribution in [2.45, 2.75) is 12.7 Å². The van der Waals surface area contributed by atoms with Crippen LogP contribution in [-0.4, -0.2) is 23.0 Å². The van der Waals surface area contributed by atoms with E-state index in [0.717, 1.165) is 12.3 Å². The van der Waals surface area contributed by atoms with Crippen LogP contribution in [0.1, 0.15) is 16.8 Å². The number of rotatable bonds is 4. The molecular weight excluding hydrogens is 337 g/mol. The number of carbonyl (C=O) groups is 2. The molecule has 0 aliphatic heterocycles. The monoisotopic (exact) mass is 350 g/mol. The number of amides is 2. The van der Waals surface area contributed by atoms with Crippen LogP contribution in [0.2, 0.25) is 0 Å². The van der Waals surface area contributed by atoms with Crippen molar-refractivity contribution in [2.75, 3.05) is 0 Å². The molecule has 1 aromatic heterocycles. The zero-order valence-corrected chi connectivity index (χ0v) is 12.7.